The summed E-state index contributed by atoms with van der Waals surface area (Å²) in [7, 11) is 0. The van der Waals surface area contributed by atoms with Crippen molar-refractivity contribution in [2.24, 2.45) is 5.92 Å². The predicted octanol–water partition coefficient (Wildman–Crippen LogP) is 4.39. The Kier molecular flexibility index (Phi) is 4.63. The first-order chi connectivity index (χ1) is 13.1. The highest BCUT2D eigenvalue weighted by molar-refractivity contribution is 6.04. The fraction of sp³-hybridized carbons (Fsp3) is 0.217. The van der Waals surface area contributed by atoms with E-state index in [0.717, 1.165) is 28.6 Å². The molecule has 0 unspecified atom stereocenters. The third kappa shape index (κ3) is 3.56. The smallest absolute Gasteiger partial charge is 0.229 e. The van der Waals surface area contributed by atoms with Gasteiger partial charge in [0.05, 0.1) is 5.92 Å². The van der Waals surface area contributed by atoms with Crippen molar-refractivity contribution in [1.29, 1.82) is 0 Å². The molecule has 1 N–H and O–H groups in total. The Morgan fingerprint density at radius 1 is 1.04 bits per heavy atom. The maximum atomic E-state index is 12.7. The first-order valence-corrected chi connectivity index (χ1v) is 9.33. The van der Waals surface area contributed by atoms with E-state index in [4.69, 9.17) is 0 Å². The summed E-state index contributed by atoms with van der Waals surface area (Å²) in [5, 5.41) is 5.18. The fourth-order valence-corrected chi connectivity index (χ4v) is 3.56. The maximum absolute atomic E-state index is 12.7. The number of aryl methyl sites for hydroxylation is 1. The van der Waals surface area contributed by atoms with Crippen LogP contribution in [0.5, 0.6) is 0 Å². The molecule has 4 heteroatoms. The molecule has 1 heterocycles. The molecule has 27 heavy (non-hydrogen) atoms. The van der Waals surface area contributed by atoms with Gasteiger partial charge in [0.25, 0.3) is 0 Å². The third-order valence-electron chi connectivity index (χ3n) is 5.17. The molecule has 0 saturated carbocycles. The molecule has 1 fully saturated rings. The summed E-state index contributed by atoms with van der Waals surface area (Å²) >= 11 is 0. The zero-order valence-corrected chi connectivity index (χ0v) is 15.3. The van der Waals surface area contributed by atoms with Gasteiger partial charge in [-0.05, 0) is 47.0 Å². The molecule has 3 aromatic carbocycles. The lowest BCUT2D eigenvalue weighted by Crippen LogP contribution is -2.28. The van der Waals surface area contributed by atoms with Crippen LogP contribution in [0, 0.1) is 5.92 Å². The number of carbonyl (C=O) groups excluding carboxylic acids is 2. The average Bonchev–Trinajstić information content (AvgIpc) is 3.10. The summed E-state index contributed by atoms with van der Waals surface area (Å²) in [4.78, 5) is 26.8. The van der Waals surface area contributed by atoms with Crippen molar-refractivity contribution in [2.75, 3.05) is 16.8 Å². The molecule has 1 saturated heterocycles. The standard InChI is InChI=1S/C23H22N2O2/c1-2-16-7-11-21(12-8-16)25-15-19(14-22(25)26)23(27)24-20-10-9-17-5-3-4-6-18(17)13-20/h3-13,19H,2,14-15H2,1H3,(H,24,27)/t19-/m0/s1. The van der Waals surface area contributed by atoms with E-state index in [-0.39, 0.29) is 24.2 Å². The van der Waals surface area contributed by atoms with Gasteiger partial charge in [0.2, 0.25) is 11.8 Å². The van der Waals surface area contributed by atoms with Gasteiger partial charge in [-0.3, -0.25) is 9.59 Å². The van der Waals surface area contributed by atoms with E-state index in [0.29, 0.717) is 6.54 Å². The highest BCUT2D eigenvalue weighted by Gasteiger charge is 2.35. The lowest BCUT2D eigenvalue weighted by atomic mass is 10.1. The van der Waals surface area contributed by atoms with Crippen molar-refractivity contribution in [2.45, 2.75) is 19.8 Å². The number of nitrogens with zero attached hydrogens (tertiary/aromatic N) is 1. The molecule has 1 aliphatic rings. The highest BCUT2D eigenvalue weighted by Crippen LogP contribution is 2.27. The van der Waals surface area contributed by atoms with Crippen LogP contribution in [0.15, 0.2) is 66.7 Å². The van der Waals surface area contributed by atoms with Crippen LogP contribution in [-0.4, -0.2) is 18.4 Å². The second-order valence-electron chi connectivity index (χ2n) is 6.98. The quantitative estimate of drug-likeness (QED) is 0.752. The Morgan fingerprint density at radius 3 is 2.52 bits per heavy atom. The van der Waals surface area contributed by atoms with Crippen molar-refractivity contribution >= 4 is 34.0 Å². The van der Waals surface area contributed by atoms with E-state index in [1.807, 2.05) is 66.7 Å². The predicted molar refractivity (Wildman–Crippen MR) is 109 cm³/mol. The Bertz CT molecular complexity index is 995. The van der Waals surface area contributed by atoms with Gasteiger partial charge in [0, 0.05) is 24.3 Å². The SMILES string of the molecule is CCc1ccc(N2C[C@@H](C(=O)Nc3ccc4ccccc4c3)CC2=O)cc1. The van der Waals surface area contributed by atoms with Crippen LogP contribution < -0.4 is 10.2 Å². The first-order valence-electron chi connectivity index (χ1n) is 9.33. The van der Waals surface area contributed by atoms with Crippen molar-refractivity contribution in [3.05, 3.63) is 72.3 Å². The second kappa shape index (κ2) is 7.23. The topological polar surface area (TPSA) is 49.4 Å². The van der Waals surface area contributed by atoms with E-state index in [1.165, 1.54) is 5.56 Å². The summed E-state index contributed by atoms with van der Waals surface area (Å²) in [5.41, 5.74) is 2.85. The Hall–Kier alpha value is -3.14. The largest absolute Gasteiger partial charge is 0.326 e. The first kappa shape index (κ1) is 17.3. The van der Waals surface area contributed by atoms with E-state index < -0.39 is 0 Å². The number of benzene rings is 3. The average molecular weight is 358 g/mol. The van der Waals surface area contributed by atoms with Gasteiger partial charge < -0.3 is 10.2 Å². The van der Waals surface area contributed by atoms with Gasteiger partial charge in [0.15, 0.2) is 0 Å². The maximum Gasteiger partial charge on any atom is 0.229 e. The van der Waals surface area contributed by atoms with Crippen LogP contribution in [-0.2, 0) is 16.0 Å². The Morgan fingerprint density at radius 2 is 1.78 bits per heavy atom. The molecule has 0 radical (unpaired) electrons. The van der Waals surface area contributed by atoms with Crippen molar-refractivity contribution in [1.82, 2.24) is 0 Å². The minimum atomic E-state index is -0.338. The third-order valence-corrected chi connectivity index (χ3v) is 5.17. The molecule has 0 aliphatic carbocycles. The molecule has 4 rings (SSSR count). The van der Waals surface area contributed by atoms with Gasteiger partial charge in [-0.1, -0.05) is 49.4 Å². The van der Waals surface area contributed by atoms with E-state index in [9.17, 15) is 9.59 Å². The number of carbonyl (C=O) groups is 2. The van der Waals surface area contributed by atoms with Crippen LogP contribution in [0.2, 0.25) is 0 Å². The minimum Gasteiger partial charge on any atom is -0.326 e. The molecule has 3 aromatic rings. The number of fused-ring (bicyclic) bond motifs is 1. The minimum absolute atomic E-state index is 0.00194. The number of anilines is 2. The van der Waals surface area contributed by atoms with Gasteiger partial charge in [-0.15, -0.1) is 0 Å². The molecule has 2 amide bonds. The van der Waals surface area contributed by atoms with Gasteiger partial charge in [-0.2, -0.15) is 0 Å². The van der Waals surface area contributed by atoms with Crippen LogP contribution in [0.25, 0.3) is 10.8 Å². The monoisotopic (exact) mass is 358 g/mol. The molecule has 1 aliphatic heterocycles. The molecular formula is C23H22N2O2. The summed E-state index contributed by atoms with van der Waals surface area (Å²) in [6, 6.07) is 21.9. The van der Waals surface area contributed by atoms with Gasteiger partial charge in [0.1, 0.15) is 0 Å². The number of hydrogen-bond donors (Lipinski definition) is 1. The summed E-state index contributed by atoms with van der Waals surface area (Å²) in [6.45, 7) is 2.52. The zero-order chi connectivity index (χ0) is 18.8. The molecule has 136 valence electrons. The molecule has 0 bridgehead atoms. The van der Waals surface area contributed by atoms with Gasteiger partial charge in [-0.25, -0.2) is 0 Å². The normalized spacial score (nSPS) is 16.7. The van der Waals surface area contributed by atoms with Crippen LogP contribution in [0.1, 0.15) is 18.9 Å². The van der Waals surface area contributed by atoms with Crippen molar-refractivity contribution in [3.8, 4) is 0 Å². The zero-order valence-electron chi connectivity index (χ0n) is 15.3. The van der Waals surface area contributed by atoms with Crippen LogP contribution in [0.4, 0.5) is 11.4 Å². The molecule has 4 nitrogen and oxygen atoms in total. The second-order valence-corrected chi connectivity index (χ2v) is 6.98. The van der Waals surface area contributed by atoms with E-state index >= 15 is 0 Å². The van der Waals surface area contributed by atoms with Crippen LogP contribution in [0.3, 0.4) is 0 Å². The lowest BCUT2D eigenvalue weighted by Gasteiger charge is -2.17. The van der Waals surface area contributed by atoms with Crippen molar-refractivity contribution in [3.63, 3.8) is 0 Å². The van der Waals surface area contributed by atoms with Crippen molar-refractivity contribution < 1.29 is 9.59 Å². The van der Waals surface area contributed by atoms with Gasteiger partial charge >= 0.3 is 0 Å². The molecule has 0 aromatic heterocycles. The molecule has 1 atom stereocenters. The summed E-state index contributed by atoms with van der Waals surface area (Å²) in [5.74, 6) is -0.445. The number of nitrogens with one attached hydrogen (secondary N) is 1. The van der Waals surface area contributed by atoms with E-state index in [1.54, 1.807) is 4.90 Å². The lowest BCUT2D eigenvalue weighted by molar-refractivity contribution is -0.122. The number of hydrogen-bond acceptors (Lipinski definition) is 2. The fourth-order valence-electron chi connectivity index (χ4n) is 3.56. The van der Waals surface area contributed by atoms with Crippen LogP contribution >= 0.6 is 0 Å². The van der Waals surface area contributed by atoms with E-state index in [2.05, 4.69) is 12.2 Å². The molecule has 0 spiro atoms. The molecular weight excluding hydrogens is 336 g/mol. The number of rotatable bonds is 4. The summed E-state index contributed by atoms with van der Waals surface area (Å²) in [6.07, 6.45) is 1.21. The Labute approximate surface area is 158 Å². The summed E-state index contributed by atoms with van der Waals surface area (Å²) < 4.78 is 0. The highest BCUT2D eigenvalue weighted by atomic mass is 16.2. The Balaban J connectivity index is 1.46. The number of amides is 2.